The number of nitrogens with two attached hydrogens (primary N) is 1. The smallest absolute Gasteiger partial charge is 0.253 e. The molecule has 1 heterocycles. The topological polar surface area (TPSA) is 46.3 Å². The van der Waals surface area contributed by atoms with Crippen LogP contribution < -0.4 is 5.73 Å². The van der Waals surface area contributed by atoms with Gasteiger partial charge in [0, 0.05) is 28.3 Å². The monoisotopic (exact) mass is 358 g/mol. The molecule has 0 bridgehead atoms. The van der Waals surface area contributed by atoms with E-state index in [2.05, 4.69) is 22.6 Å². The van der Waals surface area contributed by atoms with Gasteiger partial charge in [0.15, 0.2) is 0 Å². The minimum absolute atomic E-state index is 0.136. The highest BCUT2D eigenvalue weighted by atomic mass is 127. The number of piperidine rings is 1. The summed E-state index contributed by atoms with van der Waals surface area (Å²) in [5.41, 5.74) is 6.73. The van der Waals surface area contributed by atoms with Gasteiger partial charge in [-0.3, -0.25) is 4.79 Å². The summed E-state index contributed by atoms with van der Waals surface area (Å²) >= 11 is 2.24. The molecule has 4 heteroatoms. The second-order valence-corrected chi connectivity index (χ2v) is 6.27. The highest BCUT2D eigenvalue weighted by Gasteiger charge is 2.26. The van der Waals surface area contributed by atoms with E-state index in [4.69, 9.17) is 5.73 Å². The van der Waals surface area contributed by atoms with Crippen molar-refractivity contribution < 1.29 is 4.79 Å². The van der Waals surface area contributed by atoms with Gasteiger partial charge in [-0.15, -0.1) is 0 Å². The fourth-order valence-electron chi connectivity index (χ4n) is 2.40. The Bertz CT molecular complexity index is 416. The SMILES string of the molecule is CC(N)C1CCCN(C(=O)c2ccc(I)cc2)C1. The van der Waals surface area contributed by atoms with Crippen molar-refractivity contribution in [1.82, 2.24) is 4.90 Å². The molecule has 0 saturated carbocycles. The molecule has 1 aliphatic heterocycles. The van der Waals surface area contributed by atoms with E-state index < -0.39 is 0 Å². The van der Waals surface area contributed by atoms with Gasteiger partial charge in [-0.1, -0.05) is 0 Å². The first kappa shape index (κ1) is 13.8. The maximum atomic E-state index is 12.4. The van der Waals surface area contributed by atoms with E-state index in [0.717, 1.165) is 35.1 Å². The quantitative estimate of drug-likeness (QED) is 0.826. The molecule has 1 aliphatic rings. The van der Waals surface area contributed by atoms with Crippen LogP contribution in [-0.4, -0.2) is 29.9 Å². The second kappa shape index (κ2) is 6.02. The van der Waals surface area contributed by atoms with Gasteiger partial charge in [-0.05, 0) is 72.5 Å². The summed E-state index contributed by atoms with van der Waals surface area (Å²) in [5.74, 6) is 0.572. The first-order valence-electron chi connectivity index (χ1n) is 6.38. The number of carbonyl (C=O) groups excluding carboxylic acids is 1. The lowest BCUT2D eigenvalue weighted by Gasteiger charge is -2.34. The number of halogens is 1. The first-order valence-corrected chi connectivity index (χ1v) is 7.46. The predicted octanol–water partition coefficient (Wildman–Crippen LogP) is 2.49. The molecule has 2 atom stereocenters. The van der Waals surface area contributed by atoms with E-state index in [1.807, 2.05) is 36.1 Å². The van der Waals surface area contributed by atoms with Crippen molar-refractivity contribution in [3.63, 3.8) is 0 Å². The molecule has 0 aliphatic carbocycles. The molecule has 2 rings (SSSR count). The average Bonchev–Trinajstić information content (AvgIpc) is 2.39. The van der Waals surface area contributed by atoms with Gasteiger partial charge in [-0.25, -0.2) is 0 Å². The summed E-state index contributed by atoms with van der Waals surface area (Å²) in [4.78, 5) is 14.3. The van der Waals surface area contributed by atoms with E-state index >= 15 is 0 Å². The van der Waals surface area contributed by atoms with Crippen LogP contribution in [0.25, 0.3) is 0 Å². The van der Waals surface area contributed by atoms with Gasteiger partial charge < -0.3 is 10.6 Å². The Morgan fingerprint density at radius 3 is 2.72 bits per heavy atom. The summed E-state index contributed by atoms with van der Waals surface area (Å²) in [6.07, 6.45) is 2.19. The van der Waals surface area contributed by atoms with Crippen molar-refractivity contribution >= 4 is 28.5 Å². The van der Waals surface area contributed by atoms with Crippen LogP contribution in [0, 0.1) is 9.49 Å². The molecule has 2 unspecified atom stereocenters. The van der Waals surface area contributed by atoms with E-state index in [9.17, 15) is 4.79 Å². The zero-order valence-electron chi connectivity index (χ0n) is 10.6. The highest BCUT2D eigenvalue weighted by Crippen LogP contribution is 2.20. The van der Waals surface area contributed by atoms with Crippen LogP contribution >= 0.6 is 22.6 Å². The molecular formula is C14H19IN2O. The summed E-state index contributed by atoms with van der Waals surface area (Å²) in [7, 11) is 0. The molecular weight excluding hydrogens is 339 g/mol. The molecule has 1 amide bonds. The molecule has 1 fully saturated rings. The van der Waals surface area contributed by atoms with Crippen molar-refractivity contribution in [2.24, 2.45) is 11.7 Å². The zero-order valence-corrected chi connectivity index (χ0v) is 12.8. The van der Waals surface area contributed by atoms with Crippen molar-refractivity contribution in [2.75, 3.05) is 13.1 Å². The summed E-state index contributed by atoms with van der Waals surface area (Å²) in [6, 6.07) is 7.91. The number of benzene rings is 1. The third-order valence-corrected chi connectivity index (χ3v) is 4.30. The normalized spacial score (nSPS) is 21.7. The number of rotatable bonds is 2. The Kier molecular flexibility index (Phi) is 4.61. The van der Waals surface area contributed by atoms with Crippen molar-refractivity contribution in [3.05, 3.63) is 33.4 Å². The van der Waals surface area contributed by atoms with Crippen LogP contribution in [0.4, 0.5) is 0 Å². The lowest BCUT2D eigenvalue weighted by molar-refractivity contribution is 0.0661. The van der Waals surface area contributed by atoms with Crippen LogP contribution in [0.2, 0.25) is 0 Å². The highest BCUT2D eigenvalue weighted by molar-refractivity contribution is 14.1. The van der Waals surface area contributed by atoms with Gasteiger partial charge in [0.05, 0.1) is 0 Å². The third-order valence-electron chi connectivity index (χ3n) is 3.58. The van der Waals surface area contributed by atoms with Gasteiger partial charge >= 0.3 is 0 Å². The van der Waals surface area contributed by atoms with E-state index in [0.29, 0.717) is 5.92 Å². The molecule has 1 saturated heterocycles. The minimum atomic E-state index is 0.136. The van der Waals surface area contributed by atoms with Gasteiger partial charge in [0.2, 0.25) is 0 Å². The number of amides is 1. The Morgan fingerprint density at radius 1 is 1.44 bits per heavy atom. The largest absolute Gasteiger partial charge is 0.338 e. The summed E-state index contributed by atoms with van der Waals surface area (Å²) < 4.78 is 1.15. The molecule has 3 nitrogen and oxygen atoms in total. The van der Waals surface area contributed by atoms with Crippen molar-refractivity contribution in [3.8, 4) is 0 Å². The molecule has 1 aromatic carbocycles. The number of likely N-dealkylation sites (tertiary alicyclic amines) is 1. The second-order valence-electron chi connectivity index (χ2n) is 5.02. The van der Waals surface area contributed by atoms with E-state index in [1.54, 1.807) is 0 Å². The number of hydrogen-bond donors (Lipinski definition) is 1. The van der Waals surface area contributed by atoms with Crippen molar-refractivity contribution in [1.29, 1.82) is 0 Å². The molecule has 2 N–H and O–H groups in total. The third kappa shape index (κ3) is 3.23. The number of carbonyl (C=O) groups is 1. The molecule has 98 valence electrons. The summed E-state index contributed by atoms with van der Waals surface area (Å²) in [5, 5.41) is 0. The lowest BCUT2D eigenvalue weighted by Crippen LogP contribution is -2.45. The van der Waals surface area contributed by atoms with Gasteiger partial charge in [-0.2, -0.15) is 0 Å². The summed E-state index contributed by atoms with van der Waals surface area (Å²) in [6.45, 7) is 3.68. The van der Waals surface area contributed by atoms with Gasteiger partial charge in [0.25, 0.3) is 5.91 Å². The molecule has 0 aromatic heterocycles. The van der Waals surface area contributed by atoms with E-state index in [1.165, 1.54) is 0 Å². The van der Waals surface area contributed by atoms with Crippen LogP contribution in [0.3, 0.4) is 0 Å². The molecule has 0 spiro atoms. The predicted molar refractivity (Wildman–Crippen MR) is 81.4 cm³/mol. The first-order chi connectivity index (χ1) is 8.58. The van der Waals surface area contributed by atoms with Crippen LogP contribution in [0.15, 0.2) is 24.3 Å². The van der Waals surface area contributed by atoms with E-state index in [-0.39, 0.29) is 11.9 Å². The Labute approximate surface area is 122 Å². The fraction of sp³-hybridized carbons (Fsp3) is 0.500. The van der Waals surface area contributed by atoms with Crippen LogP contribution in [0.5, 0.6) is 0 Å². The standard InChI is InChI=1S/C14H19IN2O/c1-10(16)12-3-2-8-17(9-12)14(18)11-4-6-13(15)7-5-11/h4-7,10,12H,2-3,8-9,16H2,1H3. The Hall–Kier alpha value is -0.620. The molecule has 0 radical (unpaired) electrons. The average molecular weight is 358 g/mol. The van der Waals surface area contributed by atoms with Crippen LogP contribution in [0.1, 0.15) is 30.1 Å². The fourth-order valence-corrected chi connectivity index (χ4v) is 2.76. The number of hydrogen-bond acceptors (Lipinski definition) is 2. The Balaban J connectivity index is 2.06. The number of nitrogens with zero attached hydrogens (tertiary/aromatic N) is 1. The maximum absolute atomic E-state index is 12.4. The minimum Gasteiger partial charge on any atom is -0.338 e. The zero-order chi connectivity index (χ0) is 13.1. The lowest BCUT2D eigenvalue weighted by atomic mass is 9.92. The van der Waals surface area contributed by atoms with Crippen molar-refractivity contribution in [2.45, 2.75) is 25.8 Å². The maximum Gasteiger partial charge on any atom is 0.253 e. The van der Waals surface area contributed by atoms with Gasteiger partial charge in [0.1, 0.15) is 0 Å². The Morgan fingerprint density at radius 2 is 2.11 bits per heavy atom. The van der Waals surface area contributed by atoms with Crippen LogP contribution in [-0.2, 0) is 0 Å². The molecule has 1 aromatic rings. The molecule has 18 heavy (non-hydrogen) atoms.